The SMILES string of the molecule is Cc1ccc(N2C(CNc3ccc(F)cc3)=NNC2C=S)cc1. The zero-order chi connectivity index (χ0) is 16.2. The van der Waals surface area contributed by atoms with Crippen LogP contribution in [0, 0.1) is 12.7 Å². The molecule has 1 atom stereocenters. The van der Waals surface area contributed by atoms with Gasteiger partial charge in [0, 0.05) is 16.7 Å². The van der Waals surface area contributed by atoms with Gasteiger partial charge in [-0.1, -0.05) is 29.9 Å². The number of hydrazone groups is 1. The number of nitrogens with one attached hydrogen (secondary N) is 2. The van der Waals surface area contributed by atoms with Crippen LogP contribution in [0.3, 0.4) is 0 Å². The molecule has 6 heteroatoms. The maximum absolute atomic E-state index is 13.0. The van der Waals surface area contributed by atoms with Gasteiger partial charge in [-0.2, -0.15) is 5.10 Å². The first kappa shape index (κ1) is 15.4. The van der Waals surface area contributed by atoms with E-state index in [1.807, 2.05) is 24.0 Å². The van der Waals surface area contributed by atoms with Gasteiger partial charge in [0.25, 0.3) is 0 Å². The molecule has 1 heterocycles. The molecule has 0 spiro atoms. The summed E-state index contributed by atoms with van der Waals surface area (Å²) in [6.07, 6.45) is -0.155. The van der Waals surface area contributed by atoms with Crippen LogP contribution in [-0.2, 0) is 0 Å². The fraction of sp³-hybridized carbons (Fsp3) is 0.176. The lowest BCUT2D eigenvalue weighted by atomic mass is 10.2. The summed E-state index contributed by atoms with van der Waals surface area (Å²) in [4.78, 5) is 2.04. The van der Waals surface area contributed by atoms with Crippen molar-refractivity contribution in [3.8, 4) is 0 Å². The number of hydrogen-bond acceptors (Lipinski definition) is 5. The first-order valence-electron chi connectivity index (χ1n) is 7.30. The first-order chi connectivity index (χ1) is 11.2. The Hall–Kier alpha value is -2.47. The van der Waals surface area contributed by atoms with Crippen LogP contribution in [-0.4, -0.2) is 23.9 Å². The summed E-state index contributed by atoms with van der Waals surface area (Å²) in [5.41, 5.74) is 6.07. The smallest absolute Gasteiger partial charge is 0.150 e. The quantitative estimate of drug-likeness (QED) is 0.826. The molecule has 1 aliphatic heterocycles. The second-order valence-electron chi connectivity index (χ2n) is 5.30. The second kappa shape index (κ2) is 6.75. The molecule has 0 saturated carbocycles. The highest BCUT2D eigenvalue weighted by Crippen LogP contribution is 2.20. The van der Waals surface area contributed by atoms with Crippen molar-refractivity contribution >= 4 is 34.8 Å². The molecule has 0 fully saturated rings. The lowest BCUT2D eigenvalue weighted by molar-refractivity contribution is 0.628. The number of thiocarbonyl (C=S) groups is 1. The number of anilines is 2. The van der Waals surface area contributed by atoms with Crippen molar-refractivity contribution in [3.63, 3.8) is 0 Å². The average Bonchev–Trinajstić information content (AvgIpc) is 2.98. The van der Waals surface area contributed by atoms with Gasteiger partial charge in [-0.25, -0.2) is 4.39 Å². The van der Waals surface area contributed by atoms with E-state index in [4.69, 9.17) is 12.2 Å². The number of halogens is 1. The van der Waals surface area contributed by atoms with Gasteiger partial charge in [0.1, 0.15) is 12.0 Å². The van der Waals surface area contributed by atoms with E-state index in [0.717, 1.165) is 17.2 Å². The summed E-state index contributed by atoms with van der Waals surface area (Å²) >= 11 is 5.09. The third kappa shape index (κ3) is 3.48. The summed E-state index contributed by atoms with van der Waals surface area (Å²) in [6.45, 7) is 2.56. The minimum atomic E-state index is -0.252. The Bertz CT molecular complexity index is 712. The van der Waals surface area contributed by atoms with Crippen LogP contribution in [0.2, 0.25) is 0 Å². The van der Waals surface area contributed by atoms with E-state index in [0.29, 0.717) is 6.54 Å². The van der Waals surface area contributed by atoms with E-state index in [9.17, 15) is 4.39 Å². The van der Waals surface area contributed by atoms with E-state index < -0.39 is 0 Å². The molecule has 0 bridgehead atoms. The van der Waals surface area contributed by atoms with Gasteiger partial charge in [0.15, 0.2) is 5.84 Å². The average molecular weight is 328 g/mol. The Kier molecular flexibility index (Phi) is 4.52. The van der Waals surface area contributed by atoms with Gasteiger partial charge in [0.2, 0.25) is 0 Å². The van der Waals surface area contributed by atoms with Gasteiger partial charge in [-0.3, -0.25) is 5.43 Å². The number of rotatable bonds is 5. The number of amidine groups is 1. The molecule has 0 amide bonds. The van der Waals surface area contributed by atoms with E-state index in [-0.39, 0.29) is 12.0 Å². The maximum Gasteiger partial charge on any atom is 0.150 e. The van der Waals surface area contributed by atoms with Crippen LogP contribution in [0.1, 0.15) is 5.56 Å². The van der Waals surface area contributed by atoms with Crippen LogP contribution in [0.5, 0.6) is 0 Å². The Morgan fingerprint density at radius 2 is 1.91 bits per heavy atom. The van der Waals surface area contributed by atoms with Crippen molar-refractivity contribution < 1.29 is 4.39 Å². The zero-order valence-corrected chi connectivity index (χ0v) is 13.5. The molecule has 23 heavy (non-hydrogen) atoms. The molecule has 0 saturated heterocycles. The minimum Gasteiger partial charge on any atom is -0.378 e. The van der Waals surface area contributed by atoms with Crippen molar-refractivity contribution in [1.82, 2.24) is 5.43 Å². The van der Waals surface area contributed by atoms with Crippen LogP contribution in [0.15, 0.2) is 53.6 Å². The van der Waals surface area contributed by atoms with Crippen molar-refractivity contribution in [2.24, 2.45) is 5.10 Å². The normalized spacial score (nSPS) is 16.7. The van der Waals surface area contributed by atoms with Gasteiger partial charge in [-0.15, -0.1) is 0 Å². The molecule has 1 aliphatic rings. The highest BCUT2D eigenvalue weighted by Gasteiger charge is 2.26. The summed E-state index contributed by atoms with van der Waals surface area (Å²) in [6, 6.07) is 14.4. The second-order valence-corrected chi connectivity index (χ2v) is 5.58. The molecule has 4 nitrogen and oxygen atoms in total. The largest absolute Gasteiger partial charge is 0.378 e. The lowest BCUT2D eigenvalue weighted by Gasteiger charge is -2.25. The van der Waals surface area contributed by atoms with Gasteiger partial charge >= 0.3 is 0 Å². The van der Waals surface area contributed by atoms with E-state index >= 15 is 0 Å². The summed E-state index contributed by atoms with van der Waals surface area (Å²) in [7, 11) is 0. The monoisotopic (exact) mass is 328 g/mol. The third-order valence-electron chi connectivity index (χ3n) is 3.62. The molecule has 1 unspecified atom stereocenters. The molecule has 0 aromatic heterocycles. The van der Waals surface area contributed by atoms with Crippen molar-refractivity contribution in [2.45, 2.75) is 13.1 Å². The standard InChI is InChI=1S/C17H17FN4S/c1-12-2-8-15(9-3-12)22-16(20-21-17(22)11-23)10-19-14-6-4-13(18)5-7-14/h2-9,11,17,19,21H,10H2,1H3. The van der Waals surface area contributed by atoms with Crippen molar-refractivity contribution in [2.75, 3.05) is 16.8 Å². The number of aryl methyl sites for hydroxylation is 1. The Labute approximate surface area is 140 Å². The summed E-state index contributed by atoms with van der Waals surface area (Å²) in [5, 5.41) is 9.25. The molecule has 2 aromatic rings. The molecule has 3 rings (SSSR count). The fourth-order valence-corrected chi connectivity index (χ4v) is 2.58. The van der Waals surface area contributed by atoms with Crippen molar-refractivity contribution in [3.05, 3.63) is 59.9 Å². The number of hydrogen-bond donors (Lipinski definition) is 2. The molecule has 2 N–H and O–H groups in total. The first-order valence-corrected chi connectivity index (χ1v) is 7.77. The number of nitrogens with zero attached hydrogens (tertiary/aromatic N) is 2. The molecule has 118 valence electrons. The Balaban J connectivity index is 1.75. The highest BCUT2D eigenvalue weighted by molar-refractivity contribution is 7.79. The van der Waals surface area contributed by atoms with Crippen LogP contribution in [0.25, 0.3) is 0 Å². The van der Waals surface area contributed by atoms with E-state index in [2.05, 4.69) is 28.0 Å². The minimum absolute atomic E-state index is 0.155. The molecular weight excluding hydrogens is 311 g/mol. The van der Waals surface area contributed by atoms with Gasteiger partial charge in [-0.05, 0) is 43.3 Å². The fourth-order valence-electron chi connectivity index (χ4n) is 2.39. The topological polar surface area (TPSA) is 39.7 Å². The lowest BCUT2D eigenvalue weighted by Crippen LogP contribution is -2.43. The van der Waals surface area contributed by atoms with E-state index in [1.165, 1.54) is 17.7 Å². The summed E-state index contributed by atoms with van der Waals surface area (Å²) < 4.78 is 13.0. The van der Waals surface area contributed by atoms with Gasteiger partial charge < -0.3 is 10.2 Å². The van der Waals surface area contributed by atoms with Crippen molar-refractivity contribution in [1.29, 1.82) is 0 Å². The van der Waals surface area contributed by atoms with E-state index in [1.54, 1.807) is 17.5 Å². The predicted molar refractivity (Wildman–Crippen MR) is 96.6 cm³/mol. The molecular formula is C17H17FN4S. The predicted octanol–water partition coefficient (Wildman–Crippen LogP) is 3.30. The van der Waals surface area contributed by atoms with Crippen LogP contribution < -0.4 is 15.6 Å². The zero-order valence-electron chi connectivity index (χ0n) is 12.7. The Morgan fingerprint density at radius 1 is 1.22 bits per heavy atom. The maximum atomic E-state index is 13.0. The number of benzene rings is 2. The molecule has 2 aromatic carbocycles. The third-order valence-corrected chi connectivity index (χ3v) is 3.88. The molecule has 0 radical (unpaired) electrons. The Morgan fingerprint density at radius 3 is 2.57 bits per heavy atom. The summed E-state index contributed by atoms with van der Waals surface area (Å²) in [5.74, 6) is 0.571. The van der Waals surface area contributed by atoms with Gasteiger partial charge in [0.05, 0.1) is 6.54 Å². The van der Waals surface area contributed by atoms with Crippen LogP contribution >= 0.6 is 12.2 Å². The highest BCUT2D eigenvalue weighted by atomic mass is 32.1. The van der Waals surface area contributed by atoms with Crippen LogP contribution in [0.4, 0.5) is 15.8 Å². The molecule has 0 aliphatic carbocycles.